The maximum atomic E-state index is 12.6. The van der Waals surface area contributed by atoms with Gasteiger partial charge < -0.3 is 20.9 Å². The second-order valence-corrected chi connectivity index (χ2v) is 8.17. The standard InChI is InChI=1S/C24H28N4O4/c1-16(2)12-22(30)26-18-7-5-6-17(13-18)14-25-21(29)10-11-24(32)28-15-23(31)27-19-8-3-4-9-20(19)28/h3-9,13,16H,10-12,14-15H2,1-2H3,(H,25,29)(H,26,30)(H,27,31). The fourth-order valence-corrected chi connectivity index (χ4v) is 3.44. The normalized spacial score (nSPS) is 12.7. The van der Waals surface area contributed by atoms with Crippen molar-refractivity contribution in [3.63, 3.8) is 0 Å². The smallest absolute Gasteiger partial charge is 0.244 e. The molecule has 2 aromatic rings. The summed E-state index contributed by atoms with van der Waals surface area (Å²) in [6.45, 7) is 4.19. The van der Waals surface area contributed by atoms with Gasteiger partial charge in [0.2, 0.25) is 23.6 Å². The maximum Gasteiger partial charge on any atom is 0.244 e. The predicted molar refractivity (Wildman–Crippen MR) is 123 cm³/mol. The van der Waals surface area contributed by atoms with Crippen LogP contribution in [0.1, 0.15) is 38.7 Å². The van der Waals surface area contributed by atoms with E-state index in [0.29, 0.717) is 23.5 Å². The number of benzene rings is 2. The summed E-state index contributed by atoms with van der Waals surface area (Å²) < 4.78 is 0. The van der Waals surface area contributed by atoms with E-state index in [0.717, 1.165) is 5.56 Å². The van der Waals surface area contributed by atoms with E-state index in [2.05, 4.69) is 16.0 Å². The minimum Gasteiger partial charge on any atom is -0.352 e. The highest BCUT2D eigenvalue weighted by Gasteiger charge is 2.26. The number of amides is 4. The lowest BCUT2D eigenvalue weighted by molar-refractivity contribution is -0.125. The number of para-hydroxylation sites is 2. The van der Waals surface area contributed by atoms with E-state index in [1.54, 1.807) is 30.3 Å². The maximum absolute atomic E-state index is 12.6. The lowest BCUT2D eigenvalue weighted by atomic mass is 10.1. The summed E-state index contributed by atoms with van der Waals surface area (Å²) >= 11 is 0. The third-order valence-electron chi connectivity index (χ3n) is 4.93. The van der Waals surface area contributed by atoms with E-state index in [1.165, 1.54) is 4.90 Å². The van der Waals surface area contributed by atoms with Crippen LogP contribution in [0.25, 0.3) is 0 Å². The van der Waals surface area contributed by atoms with Crippen LogP contribution < -0.4 is 20.9 Å². The van der Waals surface area contributed by atoms with Crippen LogP contribution in [0.2, 0.25) is 0 Å². The van der Waals surface area contributed by atoms with Crippen molar-refractivity contribution >= 4 is 40.7 Å². The summed E-state index contributed by atoms with van der Waals surface area (Å²) in [5.74, 6) is -0.581. The van der Waals surface area contributed by atoms with Gasteiger partial charge in [-0.3, -0.25) is 19.2 Å². The van der Waals surface area contributed by atoms with Gasteiger partial charge >= 0.3 is 0 Å². The number of hydrogen-bond acceptors (Lipinski definition) is 4. The molecule has 0 atom stereocenters. The second-order valence-electron chi connectivity index (χ2n) is 8.17. The molecule has 32 heavy (non-hydrogen) atoms. The molecule has 8 heteroatoms. The fourth-order valence-electron chi connectivity index (χ4n) is 3.44. The molecule has 1 aliphatic heterocycles. The zero-order valence-electron chi connectivity index (χ0n) is 18.3. The van der Waals surface area contributed by atoms with E-state index in [9.17, 15) is 19.2 Å². The fraction of sp³-hybridized carbons (Fsp3) is 0.333. The van der Waals surface area contributed by atoms with Gasteiger partial charge in [0.25, 0.3) is 0 Å². The third-order valence-corrected chi connectivity index (χ3v) is 4.93. The molecule has 8 nitrogen and oxygen atoms in total. The van der Waals surface area contributed by atoms with Crippen LogP contribution in [-0.2, 0) is 25.7 Å². The van der Waals surface area contributed by atoms with Crippen LogP contribution in [0, 0.1) is 5.92 Å². The summed E-state index contributed by atoms with van der Waals surface area (Å²) in [6.07, 6.45) is 0.459. The lowest BCUT2D eigenvalue weighted by Crippen LogP contribution is -2.42. The number of nitrogens with one attached hydrogen (secondary N) is 3. The van der Waals surface area contributed by atoms with Gasteiger partial charge in [0, 0.05) is 31.5 Å². The Hall–Kier alpha value is -3.68. The first-order valence-electron chi connectivity index (χ1n) is 10.7. The molecule has 0 aromatic heterocycles. The van der Waals surface area contributed by atoms with E-state index < -0.39 is 0 Å². The minimum absolute atomic E-state index is 0.00124. The lowest BCUT2D eigenvalue weighted by Gasteiger charge is -2.29. The van der Waals surface area contributed by atoms with Crippen LogP contribution in [0.5, 0.6) is 0 Å². The summed E-state index contributed by atoms with van der Waals surface area (Å²) in [4.78, 5) is 50.1. The van der Waals surface area contributed by atoms with Gasteiger partial charge in [-0.15, -0.1) is 0 Å². The Balaban J connectivity index is 1.49. The molecule has 0 radical (unpaired) electrons. The van der Waals surface area contributed by atoms with Crippen LogP contribution >= 0.6 is 0 Å². The van der Waals surface area contributed by atoms with E-state index in [4.69, 9.17) is 0 Å². The SMILES string of the molecule is CC(C)CC(=O)Nc1cccc(CNC(=O)CCC(=O)N2CC(=O)Nc3ccccc32)c1. The van der Waals surface area contributed by atoms with Crippen LogP contribution in [0.15, 0.2) is 48.5 Å². The van der Waals surface area contributed by atoms with E-state index in [-0.39, 0.29) is 55.5 Å². The first-order chi connectivity index (χ1) is 15.3. The Bertz CT molecular complexity index is 1020. The molecular weight excluding hydrogens is 408 g/mol. The van der Waals surface area contributed by atoms with Crippen LogP contribution in [0.3, 0.4) is 0 Å². The van der Waals surface area contributed by atoms with Crippen LogP contribution in [0.4, 0.5) is 17.1 Å². The van der Waals surface area contributed by atoms with Crippen molar-refractivity contribution < 1.29 is 19.2 Å². The van der Waals surface area contributed by atoms with Crippen molar-refractivity contribution in [3.05, 3.63) is 54.1 Å². The molecule has 1 heterocycles. The summed E-state index contributed by atoms with van der Waals surface area (Å²) in [5.41, 5.74) is 2.74. The van der Waals surface area contributed by atoms with Crippen molar-refractivity contribution in [2.75, 3.05) is 22.1 Å². The van der Waals surface area contributed by atoms with E-state index in [1.807, 2.05) is 32.0 Å². The largest absolute Gasteiger partial charge is 0.352 e. The zero-order valence-corrected chi connectivity index (χ0v) is 18.3. The van der Waals surface area contributed by atoms with Crippen molar-refractivity contribution in [2.24, 2.45) is 5.92 Å². The molecule has 0 bridgehead atoms. The first-order valence-corrected chi connectivity index (χ1v) is 10.7. The van der Waals surface area contributed by atoms with Gasteiger partial charge in [-0.2, -0.15) is 0 Å². The summed E-state index contributed by atoms with van der Waals surface area (Å²) in [5, 5.41) is 8.39. The first kappa shape index (κ1) is 23.0. The van der Waals surface area contributed by atoms with Crippen LogP contribution in [-0.4, -0.2) is 30.2 Å². The average molecular weight is 437 g/mol. The molecule has 1 aliphatic rings. The predicted octanol–water partition coefficient (Wildman–Crippen LogP) is 3.05. The summed E-state index contributed by atoms with van der Waals surface area (Å²) in [6, 6.07) is 14.4. The number of carbonyl (C=O) groups excluding carboxylic acids is 4. The van der Waals surface area contributed by atoms with Gasteiger partial charge in [0.1, 0.15) is 6.54 Å². The second kappa shape index (κ2) is 10.6. The molecule has 0 saturated carbocycles. The number of anilines is 3. The number of nitrogens with zero attached hydrogens (tertiary/aromatic N) is 1. The molecule has 4 amide bonds. The Morgan fingerprint density at radius 3 is 2.59 bits per heavy atom. The highest BCUT2D eigenvalue weighted by Crippen LogP contribution is 2.29. The molecule has 168 valence electrons. The molecule has 3 N–H and O–H groups in total. The van der Waals surface area contributed by atoms with Gasteiger partial charge in [-0.05, 0) is 35.7 Å². The van der Waals surface area contributed by atoms with E-state index >= 15 is 0 Å². The highest BCUT2D eigenvalue weighted by molar-refractivity contribution is 6.10. The molecule has 0 spiro atoms. The molecule has 0 fully saturated rings. The molecule has 2 aromatic carbocycles. The molecule has 0 aliphatic carbocycles. The van der Waals surface area contributed by atoms with Gasteiger partial charge in [-0.25, -0.2) is 0 Å². The molecule has 0 unspecified atom stereocenters. The molecular formula is C24H28N4O4. The Labute approximate surface area is 187 Å². The van der Waals surface area contributed by atoms with Crippen molar-refractivity contribution in [1.29, 1.82) is 0 Å². The van der Waals surface area contributed by atoms with Crippen molar-refractivity contribution in [1.82, 2.24) is 5.32 Å². The number of carbonyl (C=O) groups is 4. The van der Waals surface area contributed by atoms with Crippen molar-refractivity contribution in [3.8, 4) is 0 Å². The van der Waals surface area contributed by atoms with Gasteiger partial charge in [0.05, 0.1) is 11.4 Å². The number of hydrogen-bond donors (Lipinski definition) is 3. The number of fused-ring (bicyclic) bond motifs is 1. The van der Waals surface area contributed by atoms with Gasteiger partial charge in [-0.1, -0.05) is 38.1 Å². The minimum atomic E-state index is -0.280. The average Bonchev–Trinajstić information content (AvgIpc) is 2.75. The Morgan fingerprint density at radius 1 is 1.03 bits per heavy atom. The highest BCUT2D eigenvalue weighted by atomic mass is 16.2. The number of rotatable bonds is 8. The quantitative estimate of drug-likeness (QED) is 0.591. The zero-order chi connectivity index (χ0) is 23.1. The monoisotopic (exact) mass is 436 g/mol. The summed E-state index contributed by atoms with van der Waals surface area (Å²) in [7, 11) is 0. The molecule has 3 rings (SSSR count). The topological polar surface area (TPSA) is 108 Å². The molecule has 0 saturated heterocycles. The van der Waals surface area contributed by atoms with Crippen molar-refractivity contribution in [2.45, 2.75) is 39.7 Å². The Kier molecular flexibility index (Phi) is 7.59. The third kappa shape index (κ3) is 6.41. The van der Waals surface area contributed by atoms with Gasteiger partial charge in [0.15, 0.2) is 0 Å². The Morgan fingerprint density at radius 2 is 1.81 bits per heavy atom.